The fraction of sp³-hybridized carbons (Fsp3) is 0.833. The van der Waals surface area contributed by atoms with E-state index in [1.807, 2.05) is 6.92 Å². The maximum Gasteiger partial charge on any atom is 0.320 e. The van der Waals surface area contributed by atoms with Crippen molar-refractivity contribution in [2.75, 3.05) is 13.1 Å². The molecule has 0 rings (SSSR count). The second-order valence-corrected chi connectivity index (χ2v) is 4.62. The highest BCUT2D eigenvalue weighted by molar-refractivity contribution is 5.73. The highest BCUT2D eigenvalue weighted by atomic mass is 16.4. The van der Waals surface area contributed by atoms with Gasteiger partial charge in [0, 0.05) is 6.54 Å². The lowest BCUT2D eigenvalue weighted by Crippen LogP contribution is -2.42. The minimum Gasteiger partial charge on any atom is -0.481 e. The Morgan fingerprint density at radius 3 is 2.12 bits per heavy atom. The zero-order chi connectivity index (χ0) is 13.4. The average Bonchev–Trinajstić information content (AvgIpc) is 2.21. The molecule has 5 nitrogen and oxygen atoms in total. The van der Waals surface area contributed by atoms with Gasteiger partial charge in [0.1, 0.15) is 6.04 Å². The third kappa shape index (κ3) is 6.94. The Labute approximate surface area is 102 Å². The normalized spacial score (nSPS) is 13.0. The molecular formula is C12H23NO4. The van der Waals surface area contributed by atoms with E-state index in [9.17, 15) is 9.59 Å². The topological polar surface area (TPSA) is 77.8 Å². The van der Waals surface area contributed by atoms with Crippen molar-refractivity contribution in [3.05, 3.63) is 0 Å². The molecule has 0 spiro atoms. The first-order valence-corrected chi connectivity index (χ1v) is 6.07. The van der Waals surface area contributed by atoms with Crippen LogP contribution in [0.2, 0.25) is 0 Å². The van der Waals surface area contributed by atoms with Crippen LogP contribution in [-0.4, -0.2) is 46.2 Å². The molecule has 0 radical (unpaired) electrons. The van der Waals surface area contributed by atoms with Gasteiger partial charge in [-0.15, -0.1) is 0 Å². The maximum absolute atomic E-state index is 11.1. The predicted octanol–water partition coefficient (Wildman–Crippen LogP) is 1.67. The van der Waals surface area contributed by atoms with E-state index in [-0.39, 0.29) is 6.42 Å². The van der Waals surface area contributed by atoms with Gasteiger partial charge in [-0.1, -0.05) is 20.8 Å². The summed E-state index contributed by atoms with van der Waals surface area (Å²) >= 11 is 0. The van der Waals surface area contributed by atoms with Crippen molar-refractivity contribution < 1.29 is 19.8 Å². The zero-order valence-electron chi connectivity index (χ0n) is 10.8. The molecule has 0 aromatic carbocycles. The molecule has 100 valence electrons. The van der Waals surface area contributed by atoms with Crippen LogP contribution in [0.15, 0.2) is 0 Å². The molecule has 0 aliphatic rings. The van der Waals surface area contributed by atoms with E-state index in [2.05, 4.69) is 13.8 Å². The zero-order valence-corrected chi connectivity index (χ0v) is 10.8. The van der Waals surface area contributed by atoms with E-state index in [0.29, 0.717) is 25.4 Å². The summed E-state index contributed by atoms with van der Waals surface area (Å²) in [5.41, 5.74) is 0. The van der Waals surface area contributed by atoms with Crippen LogP contribution in [0, 0.1) is 5.92 Å². The predicted molar refractivity (Wildman–Crippen MR) is 65.0 cm³/mol. The molecular weight excluding hydrogens is 222 g/mol. The van der Waals surface area contributed by atoms with E-state index in [4.69, 9.17) is 10.2 Å². The standard InChI is InChI=1S/C12H23NO4/c1-4-10(12(16)17)13(7-5-9(2)3)8-6-11(14)15/h9-10H,4-8H2,1-3H3,(H,14,15)(H,16,17). The lowest BCUT2D eigenvalue weighted by Gasteiger charge is -2.28. The Kier molecular flexibility index (Phi) is 7.54. The van der Waals surface area contributed by atoms with Crippen LogP contribution < -0.4 is 0 Å². The summed E-state index contributed by atoms with van der Waals surface area (Å²) in [6, 6.07) is -0.576. The third-order valence-electron chi connectivity index (χ3n) is 2.72. The largest absolute Gasteiger partial charge is 0.481 e. The van der Waals surface area contributed by atoms with Crippen LogP contribution in [0.4, 0.5) is 0 Å². The van der Waals surface area contributed by atoms with E-state index >= 15 is 0 Å². The Hall–Kier alpha value is -1.10. The SMILES string of the molecule is CCC(C(=O)O)N(CCC(=O)O)CCC(C)C. The molecule has 0 bridgehead atoms. The van der Waals surface area contributed by atoms with Crippen molar-refractivity contribution in [3.8, 4) is 0 Å². The number of hydrogen-bond acceptors (Lipinski definition) is 3. The van der Waals surface area contributed by atoms with Crippen molar-refractivity contribution in [3.63, 3.8) is 0 Å². The molecule has 5 heteroatoms. The monoisotopic (exact) mass is 245 g/mol. The van der Waals surface area contributed by atoms with Gasteiger partial charge in [0.15, 0.2) is 0 Å². The number of aliphatic carboxylic acids is 2. The highest BCUT2D eigenvalue weighted by Crippen LogP contribution is 2.10. The van der Waals surface area contributed by atoms with Gasteiger partial charge in [0.2, 0.25) is 0 Å². The van der Waals surface area contributed by atoms with Crippen molar-refractivity contribution in [2.45, 2.75) is 46.1 Å². The second-order valence-electron chi connectivity index (χ2n) is 4.62. The Balaban J connectivity index is 4.45. The minimum atomic E-state index is -0.889. The quantitative estimate of drug-likeness (QED) is 0.646. The molecule has 0 heterocycles. The van der Waals surface area contributed by atoms with Gasteiger partial charge < -0.3 is 10.2 Å². The molecule has 0 saturated carbocycles. The van der Waals surface area contributed by atoms with Crippen molar-refractivity contribution in [2.24, 2.45) is 5.92 Å². The number of carbonyl (C=O) groups is 2. The molecule has 0 fully saturated rings. The summed E-state index contributed by atoms with van der Waals surface area (Å²) in [5, 5.41) is 17.7. The van der Waals surface area contributed by atoms with Crippen LogP contribution >= 0.6 is 0 Å². The molecule has 0 aliphatic heterocycles. The summed E-state index contributed by atoms with van der Waals surface area (Å²) in [6.45, 7) is 6.87. The molecule has 1 unspecified atom stereocenters. The summed E-state index contributed by atoms with van der Waals surface area (Å²) in [7, 11) is 0. The van der Waals surface area contributed by atoms with Gasteiger partial charge >= 0.3 is 11.9 Å². The highest BCUT2D eigenvalue weighted by Gasteiger charge is 2.23. The van der Waals surface area contributed by atoms with E-state index in [1.165, 1.54) is 0 Å². The van der Waals surface area contributed by atoms with Crippen LogP contribution in [0.5, 0.6) is 0 Å². The number of carboxylic acid groups (broad SMARTS) is 2. The van der Waals surface area contributed by atoms with Crippen LogP contribution in [-0.2, 0) is 9.59 Å². The fourth-order valence-electron chi connectivity index (χ4n) is 1.68. The van der Waals surface area contributed by atoms with Gasteiger partial charge in [-0.2, -0.15) is 0 Å². The first-order chi connectivity index (χ1) is 7.88. The first kappa shape index (κ1) is 15.9. The van der Waals surface area contributed by atoms with Gasteiger partial charge in [0.25, 0.3) is 0 Å². The second kappa shape index (κ2) is 8.06. The Morgan fingerprint density at radius 1 is 1.18 bits per heavy atom. The lowest BCUT2D eigenvalue weighted by atomic mass is 10.1. The smallest absolute Gasteiger partial charge is 0.320 e. The number of hydrogen-bond donors (Lipinski definition) is 2. The molecule has 17 heavy (non-hydrogen) atoms. The number of nitrogens with zero attached hydrogens (tertiary/aromatic N) is 1. The van der Waals surface area contributed by atoms with Gasteiger partial charge in [-0.05, 0) is 25.3 Å². The summed E-state index contributed by atoms with van der Waals surface area (Å²) < 4.78 is 0. The van der Waals surface area contributed by atoms with Crippen molar-refractivity contribution in [1.29, 1.82) is 0 Å². The minimum absolute atomic E-state index is 0.0120. The first-order valence-electron chi connectivity index (χ1n) is 6.07. The van der Waals surface area contributed by atoms with Crippen LogP contribution in [0.25, 0.3) is 0 Å². The maximum atomic E-state index is 11.1. The molecule has 0 aromatic heterocycles. The molecule has 0 aliphatic carbocycles. The molecule has 2 N–H and O–H groups in total. The molecule has 0 saturated heterocycles. The van der Waals surface area contributed by atoms with Gasteiger partial charge in [-0.3, -0.25) is 14.5 Å². The number of rotatable bonds is 9. The van der Waals surface area contributed by atoms with E-state index < -0.39 is 18.0 Å². The van der Waals surface area contributed by atoms with Crippen LogP contribution in [0.1, 0.15) is 40.0 Å². The molecule has 0 amide bonds. The van der Waals surface area contributed by atoms with Crippen molar-refractivity contribution in [1.82, 2.24) is 4.90 Å². The summed E-state index contributed by atoms with van der Waals surface area (Å²) in [6.07, 6.45) is 1.36. The lowest BCUT2D eigenvalue weighted by molar-refractivity contribution is -0.145. The van der Waals surface area contributed by atoms with Gasteiger partial charge in [-0.25, -0.2) is 0 Å². The van der Waals surface area contributed by atoms with Crippen LogP contribution in [0.3, 0.4) is 0 Å². The average molecular weight is 245 g/mol. The molecule has 0 aromatic rings. The Morgan fingerprint density at radius 2 is 1.76 bits per heavy atom. The number of carboxylic acids is 2. The molecule has 1 atom stereocenters. The summed E-state index contributed by atoms with van der Waals surface area (Å²) in [5.74, 6) is -1.28. The fourth-order valence-corrected chi connectivity index (χ4v) is 1.68. The third-order valence-corrected chi connectivity index (χ3v) is 2.72. The van der Waals surface area contributed by atoms with E-state index in [0.717, 1.165) is 6.42 Å². The van der Waals surface area contributed by atoms with Gasteiger partial charge in [0.05, 0.1) is 6.42 Å². The van der Waals surface area contributed by atoms with Crippen molar-refractivity contribution >= 4 is 11.9 Å². The summed E-state index contributed by atoms with van der Waals surface area (Å²) in [4.78, 5) is 23.4. The Bertz CT molecular complexity index is 253. The van der Waals surface area contributed by atoms with E-state index in [1.54, 1.807) is 4.90 Å².